The second kappa shape index (κ2) is 4.70. The number of aromatic amines is 1. The van der Waals surface area contributed by atoms with Gasteiger partial charge in [-0.15, -0.1) is 0 Å². The van der Waals surface area contributed by atoms with E-state index in [1.165, 1.54) is 0 Å². The highest BCUT2D eigenvalue weighted by Crippen LogP contribution is 2.33. The molecule has 3 rings (SSSR count). The maximum absolute atomic E-state index is 11.9. The Morgan fingerprint density at radius 1 is 1.50 bits per heavy atom. The number of ether oxygens (including phenoxy) is 1. The minimum Gasteiger partial charge on any atom is -0.373 e. The summed E-state index contributed by atoms with van der Waals surface area (Å²) in [5.74, 6) is -0.105. The van der Waals surface area contributed by atoms with E-state index in [1.54, 1.807) is 12.3 Å². The molecule has 1 aromatic rings. The molecule has 98 valence electrons. The lowest BCUT2D eigenvalue weighted by atomic mass is 9.88. The first-order chi connectivity index (χ1) is 8.77. The average Bonchev–Trinajstić information content (AvgIpc) is 3.01. The van der Waals surface area contributed by atoms with Gasteiger partial charge in [0.15, 0.2) is 0 Å². The first kappa shape index (κ1) is 11.7. The summed E-state index contributed by atoms with van der Waals surface area (Å²) in [4.78, 5) is 11.9. The van der Waals surface area contributed by atoms with E-state index in [0.29, 0.717) is 12.3 Å². The molecule has 2 aliphatic heterocycles. The van der Waals surface area contributed by atoms with Gasteiger partial charge in [-0.3, -0.25) is 9.89 Å². The molecule has 1 atom stereocenters. The third-order valence-electron chi connectivity index (χ3n) is 3.80. The summed E-state index contributed by atoms with van der Waals surface area (Å²) in [6.45, 7) is 2.61. The van der Waals surface area contributed by atoms with Crippen LogP contribution in [0.1, 0.15) is 29.8 Å². The third-order valence-corrected chi connectivity index (χ3v) is 3.80. The molecular weight excluding hydrogens is 232 g/mol. The largest absolute Gasteiger partial charge is 0.373 e. The molecule has 3 N–H and O–H groups in total. The van der Waals surface area contributed by atoms with Crippen LogP contribution in [0.2, 0.25) is 0 Å². The monoisotopic (exact) mass is 250 g/mol. The lowest BCUT2D eigenvalue weighted by Gasteiger charge is -2.32. The zero-order chi connectivity index (χ0) is 12.4. The van der Waals surface area contributed by atoms with E-state index in [2.05, 4.69) is 20.8 Å². The van der Waals surface area contributed by atoms with Gasteiger partial charge in [0.05, 0.1) is 18.2 Å². The van der Waals surface area contributed by atoms with Gasteiger partial charge in [0.2, 0.25) is 0 Å². The summed E-state index contributed by atoms with van der Waals surface area (Å²) in [7, 11) is 0. The van der Waals surface area contributed by atoms with Crippen LogP contribution in [-0.2, 0) is 4.74 Å². The van der Waals surface area contributed by atoms with Gasteiger partial charge in [-0.1, -0.05) is 0 Å². The molecule has 1 amide bonds. The second-order valence-electron chi connectivity index (χ2n) is 5.09. The van der Waals surface area contributed by atoms with Gasteiger partial charge in [0, 0.05) is 6.20 Å². The normalized spacial score (nSPS) is 26.3. The number of amides is 1. The summed E-state index contributed by atoms with van der Waals surface area (Å²) >= 11 is 0. The maximum atomic E-state index is 11.9. The van der Waals surface area contributed by atoms with Gasteiger partial charge in [-0.05, 0) is 38.4 Å². The van der Waals surface area contributed by atoms with Crippen molar-refractivity contribution in [1.29, 1.82) is 0 Å². The zero-order valence-electron chi connectivity index (χ0n) is 10.2. The van der Waals surface area contributed by atoms with Crippen LogP contribution in [-0.4, -0.2) is 47.4 Å². The average molecular weight is 250 g/mol. The maximum Gasteiger partial charge on any atom is 0.269 e. The summed E-state index contributed by atoms with van der Waals surface area (Å²) in [5, 5.41) is 12.8. The molecule has 0 saturated carbocycles. The number of hydrogen-bond donors (Lipinski definition) is 3. The molecule has 1 spiro atoms. The van der Waals surface area contributed by atoms with E-state index >= 15 is 0 Å². The molecule has 2 aliphatic rings. The fourth-order valence-electron chi connectivity index (χ4n) is 2.81. The number of piperidine rings is 1. The van der Waals surface area contributed by atoms with Crippen molar-refractivity contribution in [3.05, 3.63) is 18.0 Å². The summed E-state index contributed by atoms with van der Waals surface area (Å²) in [5.41, 5.74) is 0.484. The van der Waals surface area contributed by atoms with Crippen LogP contribution in [0.4, 0.5) is 0 Å². The topological polar surface area (TPSA) is 79.0 Å². The van der Waals surface area contributed by atoms with Gasteiger partial charge in [-0.2, -0.15) is 5.10 Å². The van der Waals surface area contributed by atoms with Gasteiger partial charge in [-0.25, -0.2) is 0 Å². The van der Waals surface area contributed by atoms with Crippen LogP contribution < -0.4 is 10.6 Å². The molecule has 1 aromatic heterocycles. The first-order valence-electron chi connectivity index (χ1n) is 6.42. The summed E-state index contributed by atoms with van der Waals surface area (Å²) < 4.78 is 5.93. The van der Waals surface area contributed by atoms with Crippen LogP contribution in [0.5, 0.6) is 0 Å². The predicted molar refractivity (Wildman–Crippen MR) is 65.2 cm³/mol. The number of H-pyrrole nitrogens is 1. The van der Waals surface area contributed by atoms with E-state index in [-0.39, 0.29) is 17.6 Å². The Balaban J connectivity index is 1.57. The Labute approximate surface area is 105 Å². The SMILES string of the molecule is O=C(N[C@@H]1COC2(CCNCC2)C1)c1ccn[nH]1. The minimum atomic E-state index is -0.105. The lowest BCUT2D eigenvalue weighted by molar-refractivity contribution is -0.0194. The van der Waals surface area contributed by atoms with E-state index in [0.717, 1.165) is 32.4 Å². The Hall–Kier alpha value is -1.40. The number of nitrogens with one attached hydrogen (secondary N) is 3. The van der Waals surface area contributed by atoms with E-state index in [9.17, 15) is 4.79 Å². The minimum absolute atomic E-state index is 0.0167. The van der Waals surface area contributed by atoms with Gasteiger partial charge in [0.25, 0.3) is 5.91 Å². The van der Waals surface area contributed by atoms with E-state index in [1.807, 2.05) is 0 Å². The Morgan fingerprint density at radius 2 is 2.33 bits per heavy atom. The van der Waals surface area contributed by atoms with Crippen molar-refractivity contribution in [3.63, 3.8) is 0 Å². The van der Waals surface area contributed by atoms with Crippen molar-refractivity contribution in [1.82, 2.24) is 20.8 Å². The number of nitrogens with zero attached hydrogens (tertiary/aromatic N) is 1. The van der Waals surface area contributed by atoms with Crippen molar-refractivity contribution in [2.45, 2.75) is 30.9 Å². The van der Waals surface area contributed by atoms with Crippen molar-refractivity contribution < 1.29 is 9.53 Å². The molecule has 2 saturated heterocycles. The van der Waals surface area contributed by atoms with E-state index in [4.69, 9.17) is 4.74 Å². The zero-order valence-corrected chi connectivity index (χ0v) is 10.2. The molecule has 0 unspecified atom stereocenters. The second-order valence-corrected chi connectivity index (χ2v) is 5.09. The van der Waals surface area contributed by atoms with E-state index < -0.39 is 0 Å². The number of aromatic nitrogens is 2. The first-order valence-corrected chi connectivity index (χ1v) is 6.42. The molecule has 18 heavy (non-hydrogen) atoms. The van der Waals surface area contributed by atoms with Crippen molar-refractivity contribution in [2.24, 2.45) is 0 Å². The fourth-order valence-corrected chi connectivity index (χ4v) is 2.81. The molecule has 0 radical (unpaired) electrons. The number of carbonyl (C=O) groups is 1. The highest BCUT2D eigenvalue weighted by molar-refractivity contribution is 5.92. The van der Waals surface area contributed by atoms with Crippen LogP contribution in [0.25, 0.3) is 0 Å². The Morgan fingerprint density at radius 3 is 3.06 bits per heavy atom. The van der Waals surface area contributed by atoms with Crippen LogP contribution in [0, 0.1) is 0 Å². The Bertz CT molecular complexity index is 412. The molecule has 6 nitrogen and oxygen atoms in total. The van der Waals surface area contributed by atoms with Crippen LogP contribution in [0.15, 0.2) is 12.3 Å². The standard InChI is InChI=1S/C12H18N4O2/c17-11(10-1-4-14-16-10)15-9-7-12(18-8-9)2-5-13-6-3-12/h1,4,9,13H,2-3,5-8H2,(H,14,16)(H,15,17)/t9-/m0/s1. The molecule has 2 fully saturated rings. The van der Waals surface area contributed by atoms with Crippen LogP contribution in [0.3, 0.4) is 0 Å². The van der Waals surface area contributed by atoms with Crippen molar-refractivity contribution in [2.75, 3.05) is 19.7 Å². The highest BCUT2D eigenvalue weighted by atomic mass is 16.5. The fraction of sp³-hybridized carbons (Fsp3) is 0.667. The number of hydrogen-bond acceptors (Lipinski definition) is 4. The summed E-state index contributed by atoms with van der Waals surface area (Å²) in [6, 6.07) is 1.78. The molecule has 0 aromatic carbocycles. The smallest absolute Gasteiger partial charge is 0.269 e. The quantitative estimate of drug-likeness (QED) is 0.693. The lowest BCUT2D eigenvalue weighted by Crippen LogP contribution is -2.43. The Kier molecular flexibility index (Phi) is 3.05. The molecule has 0 aliphatic carbocycles. The summed E-state index contributed by atoms with van der Waals surface area (Å²) in [6.07, 6.45) is 4.55. The predicted octanol–water partition coefficient (Wildman–Crippen LogP) is 0.0506. The van der Waals surface area contributed by atoms with Gasteiger partial charge >= 0.3 is 0 Å². The molecule has 3 heterocycles. The van der Waals surface area contributed by atoms with Gasteiger partial charge < -0.3 is 15.4 Å². The number of carbonyl (C=O) groups excluding carboxylic acids is 1. The highest BCUT2D eigenvalue weighted by Gasteiger charge is 2.41. The number of rotatable bonds is 2. The van der Waals surface area contributed by atoms with Crippen molar-refractivity contribution in [3.8, 4) is 0 Å². The van der Waals surface area contributed by atoms with Gasteiger partial charge in [0.1, 0.15) is 5.69 Å². The van der Waals surface area contributed by atoms with Crippen molar-refractivity contribution >= 4 is 5.91 Å². The van der Waals surface area contributed by atoms with Crippen LogP contribution >= 0.6 is 0 Å². The molecule has 0 bridgehead atoms. The molecule has 6 heteroatoms. The third kappa shape index (κ3) is 2.26. The molecular formula is C12H18N4O2.